The van der Waals surface area contributed by atoms with Gasteiger partial charge < -0.3 is 4.57 Å². The van der Waals surface area contributed by atoms with Crippen molar-refractivity contribution >= 4 is 22.6 Å². The average molecular weight is 279 g/mol. The summed E-state index contributed by atoms with van der Waals surface area (Å²) < 4.78 is 2.38. The summed E-state index contributed by atoms with van der Waals surface area (Å²) in [7, 11) is 0. The highest BCUT2D eigenvalue weighted by molar-refractivity contribution is 6.17. The van der Waals surface area contributed by atoms with E-state index in [1.165, 1.54) is 31.2 Å². The van der Waals surface area contributed by atoms with E-state index < -0.39 is 0 Å². The van der Waals surface area contributed by atoms with E-state index in [0.717, 1.165) is 17.8 Å². The molecule has 0 saturated heterocycles. The van der Waals surface area contributed by atoms with E-state index in [4.69, 9.17) is 16.6 Å². The first-order chi connectivity index (χ1) is 9.27. The molecule has 0 N–H and O–H groups in total. The van der Waals surface area contributed by atoms with Crippen molar-refractivity contribution in [2.45, 2.75) is 52.0 Å². The minimum absolute atomic E-state index is 0.497. The number of hydrogen-bond donors (Lipinski definition) is 0. The molecule has 0 bridgehead atoms. The molecule has 0 spiro atoms. The van der Waals surface area contributed by atoms with E-state index in [9.17, 15) is 0 Å². The maximum absolute atomic E-state index is 5.91. The standard InChI is InChI=1S/C16H23ClN2/c1-3-4-5-8-13(2)19-15-10-7-6-9-14(15)18-16(19)11-12-17/h6-7,9-10,13H,3-5,8,11-12H2,1-2H3. The lowest BCUT2D eigenvalue weighted by atomic mass is 10.1. The maximum Gasteiger partial charge on any atom is 0.111 e. The molecule has 19 heavy (non-hydrogen) atoms. The molecule has 0 radical (unpaired) electrons. The molecule has 2 aromatic rings. The van der Waals surface area contributed by atoms with Gasteiger partial charge in [-0.2, -0.15) is 0 Å². The summed E-state index contributed by atoms with van der Waals surface area (Å²) in [6, 6.07) is 8.88. The number of hydrogen-bond acceptors (Lipinski definition) is 1. The van der Waals surface area contributed by atoms with Crippen molar-refractivity contribution in [1.29, 1.82) is 0 Å². The van der Waals surface area contributed by atoms with Gasteiger partial charge in [-0.1, -0.05) is 38.3 Å². The number of alkyl halides is 1. The number of halogens is 1. The van der Waals surface area contributed by atoms with Crippen LogP contribution in [-0.2, 0) is 6.42 Å². The van der Waals surface area contributed by atoms with E-state index in [1.807, 2.05) is 6.07 Å². The van der Waals surface area contributed by atoms with Gasteiger partial charge >= 0.3 is 0 Å². The van der Waals surface area contributed by atoms with E-state index in [2.05, 4.69) is 36.6 Å². The van der Waals surface area contributed by atoms with Crippen molar-refractivity contribution in [1.82, 2.24) is 9.55 Å². The summed E-state index contributed by atoms with van der Waals surface area (Å²) in [4.78, 5) is 4.73. The predicted octanol–water partition coefficient (Wildman–Crippen LogP) is 4.96. The van der Waals surface area contributed by atoms with Gasteiger partial charge in [-0.3, -0.25) is 0 Å². The number of unbranched alkanes of at least 4 members (excludes halogenated alkanes) is 2. The maximum atomic E-state index is 5.91. The summed E-state index contributed by atoms with van der Waals surface area (Å²) in [6.45, 7) is 4.54. The van der Waals surface area contributed by atoms with Crippen molar-refractivity contribution in [3.63, 3.8) is 0 Å². The van der Waals surface area contributed by atoms with Gasteiger partial charge in [0.2, 0.25) is 0 Å². The zero-order chi connectivity index (χ0) is 13.7. The number of benzene rings is 1. The Bertz CT molecular complexity index is 518. The summed E-state index contributed by atoms with van der Waals surface area (Å²) in [5, 5.41) is 0. The van der Waals surface area contributed by atoms with Crippen LogP contribution in [0.25, 0.3) is 11.0 Å². The van der Waals surface area contributed by atoms with E-state index in [1.54, 1.807) is 0 Å². The Hall–Kier alpha value is -1.02. The van der Waals surface area contributed by atoms with Gasteiger partial charge in [0.1, 0.15) is 5.82 Å². The van der Waals surface area contributed by atoms with Gasteiger partial charge in [0, 0.05) is 18.3 Å². The van der Waals surface area contributed by atoms with Crippen LogP contribution in [0.3, 0.4) is 0 Å². The van der Waals surface area contributed by atoms with Gasteiger partial charge in [-0.25, -0.2) is 4.98 Å². The number of aromatic nitrogens is 2. The molecule has 0 aliphatic heterocycles. The van der Waals surface area contributed by atoms with Crippen LogP contribution in [0.2, 0.25) is 0 Å². The normalized spacial score (nSPS) is 13.0. The van der Waals surface area contributed by atoms with E-state index in [0.29, 0.717) is 11.9 Å². The molecule has 1 heterocycles. The number of fused-ring (bicyclic) bond motifs is 1. The van der Waals surface area contributed by atoms with Gasteiger partial charge in [0.15, 0.2) is 0 Å². The highest BCUT2D eigenvalue weighted by Crippen LogP contribution is 2.25. The number of rotatable bonds is 7. The number of aryl methyl sites for hydroxylation is 1. The second kappa shape index (κ2) is 6.95. The topological polar surface area (TPSA) is 17.8 Å². The van der Waals surface area contributed by atoms with Gasteiger partial charge in [0.05, 0.1) is 11.0 Å². The largest absolute Gasteiger partial charge is 0.325 e. The molecular formula is C16H23ClN2. The van der Waals surface area contributed by atoms with Crippen molar-refractivity contribution in [2.24, 2.45) is 0 Å². The van der Waals surface area contributed by atoms with Crippen LogP contribution >= 0.6 is 11.6 Å². The minimum Gasteiger partial charge on any atom is -0.325 e. The number of nitrogens with zero attached hydrogens (tertiary/aromatic N) is 2. The Labute approximate surface area is 120 Å². The zero-order valence-electron chi connectivity index (χ0n) is 11.9. The first-order valence-electron chi connectivity index (χ1n) is 7.29. The summed E-state index contributed by atoms with van der Waals surface area (Å²) in [5.74, 6) is 1.76. The van der Waals surface area contributed by atoms with Crippen LogP contribution in [0.4, 0.5) is 0 Å². The minimum atomic E-state index is 0.497. The molecule has 0 amide bonds. The molecule has 1 atom stereocenters. The van der Waals surface area contributed by atoms with E-state index >= 15 is 0 Å². The van der Waals surface area contributed by atoms with Crippen LogP contribution in [0, 0.1) is 0 Å². The third kappa shape index (κ3) is 3.30. The van der Waals surface area contributed by atoms with Crippen molar-refractivity contribution in [3.8, 4) is 0 Å². The van der Waals surface area contributed by atoms with Crippen LogP contribution in [-0.4, -0.2) is 15.4 Å². The average Bonchev–Trinajstić information content (AvgIpc) is 2.77. The first-order valence-corrected chi connectivity index (χ1v) is 7.83. The van der Waals surface area contributed by atoms with Crippen LogP contribution in [0.15, 0.2) is 24.3 Å². The molecule has 0 fully saturated rings. The zero-order valence-corrected chi connectivity index (χ0v) is 12.7. The molecule has 1 aromatic carbocycles. The molecule has 1 unspecified atom stereocenters. The van der Waals surface area contributed by atoms with Gasteiger partial charge in [-0.05, 0) is 25.5 Å². The van der Waals surface area contributed by atoms with Crippen molar-refractivity contribution in [2.75, 3.05) is 5.88 Å². The molecule has 3 heteroatoms. The van der Waals surface area contributed by atoms with E-state index in [-0.39, 0.29) is 0 Å². The number of para-hydroxylation sites is 2. The fraction of sp³-hybridized carbons (Fsp3) is 0.562. The molecule has 0 saturated carbocycles. The Morgan fingerprint density at radius 2 is 2.05 bits per heavy atom. The lowest BCUT2D eigenvalue weighted by molar-refractivity contribution is 0.474. The Morgan fingerprint density at radius 3 is 2.79 bits per heavy atom. The fourth-order valence-corrected chi connectivity index (χ4v) is 2.83. The quantitative estimate of drug-likeness (QED) is 0.517. The molecule has 2 nitrogen and oxygen atoms in total. The second-order valence-corrected chi connectivity index (χ2v) is 5.55. The Balaban J connectivity index is 2.29. The van der Waals surface area contributed by atoms with Gasteiger partial charge in [0.25, 0.3) is 0 Å². The second-order valence-electron chi connectivity index (χ2n) is 5.17. The Morgan fingerprint density at radius 1 is 1.26 bits per heavy atom. The predicted molar refractivity (Wildman–Crippen MR) is 83.0 cm³/mol. The molecule has 104 valence electrons. The molecule has 0 aliphatic rings. The molecular weight excluding hydrogens is 256 g/mol. The lowest BCUT2D eigenvalue weighted by Crippen LogP contribution is -2.10. The third-order valence-electron chi connectivity index (χ3n) is 3.65. The SMILES string of the molecule is CCCCCC(C)n1c(CCCl)nc2ccccc21. The third-order valence-corrected chi connectivity index (χ3v) is 3.84. The number of imidazole rings is 1. The van der Waals surface area contributed by atoms with Crippen molar-refractivity contribution < 1.29 is 0 Å². The monoisotopic (exact) mass is 278 g/mol. The smallest absolute Gasteiger partial charge is 0.111 e. The summed E-state index contributed by atoms with van der Waals surface area (Å²) in [5.41, 5.74) is 2.33. The fourth-order valence-electron chi connectivity index (χ4n) is 2.67. The Kier molecular flexibility index (Phi) is 5.26. The molecule has 2 rings (SSSR count). The lowest BCUT2D eigenvalue weighted by Gasteiger charge is -2.17. The van der Waals surface area contributed by atoms with Gasteiger partial charge in [-0.15, -0.1) is 11.6 Å². The highest BCUT2D eigenvalue weighted by atomic mass is 35.5. The highest BCUT2D eigenvalue weighted by Gasteiger charge is 2.14. The van der Waals surface area contributed by atoms with Crippen LogP contribution < -0.4 is 0 Å². The molecule has 1 aromatic heterocycles. The summed E-state index contributed by atoms with van der Waals surface area (Å²) >= 11 is 5.91. The van der Waals surface area contributed by atoms with Crippen LogP contribution in [0.5, 0.6) is 0 Å². The molecule has 0 aliphatic carbocycles. The van der Waals surface area contributed by atoms with Crippen molar-refractivity contribution in [3.05, 3.63) is 30.1 Å². The summed E-state index contributed by atoms with van der Waals surface area (Å²) in [6.07, 6.45) is 5.91. The van der Waals surface area contributed by atoms with Crippen LogP contribution in [0.1, 0.15) is 51.4 Å². The first kappa shape index (κ1) is 14.4.